The predicted molar refractivity (Wildman–Crippen MR) is 113 cm³/mol. The summed E-state index contributed by atoms with van der Waals surface area (Å²) in [6, 6.07) is 20.3. The Kier molecular flexibility index (Phi) is 4.61. The molecule has 0 radical (unpaired) electrons. The van der Waals surface area contributed by atoms with Crippen molar-refractivity contribution < 1.29 is 0 Å². The van der Waals surface area contributed by atoms with E-state index in [1.807, 2.05) is 18.2 Å². The zero-order valence-electron chi connectivity index (χ0n) is 16.5. The summed E-state index contributed by atoms with van der Waals surface area (Å²) in [5, 5.41) is 13.5. The number of likely N-dealkylation sites (tertiary alicyclic amines) is 1. The molecule has 2 aromatic rings. The van der Waals surface area contributed by atoms with Gasteiger partial charge < -0.3 is 5.32 Å². The van der Waals surface area contributed by atoms with E-state index in [9.17, 15) is 5.26 Å². The highest BCUT2D eigenvalue weighted by Gasteiger charge is 2.39. The number of hydrogen-bond donors (Lipinski definition) is 1. The molecule has 28 heavy (non-hydrogen) atoms. The van der Waals surface area contributed by atoms with E-state index in [-0.39, 0.29) is 0 Å². The van der Waals surface area contributed by atoms with Gasteiger partial charge in [0.25, 0.3) is 0 Å². The van der Waals surface area contributed by atoms with E-state index in [0.29, 0.717) is 6.04 Å². The van der Waals surface area contributed by atoms with Crippen LogP contribution in [0.15, 0.2) is 48.5 Å². The molecule has 2 aromatic carbocycles. The molecule has 1 fully saturated rings. The molecule has 0 unspecified atom stereocenters. The Balaban J connectivity index is 1.34. The maximum absolute atomic E-state index is 9.94. The average Bonchev–Trinajstić information content (AvgIpc) is 2.76. The summed E-state index contributed by atoms with van der Waals surface area (Å²) in [4.78, 5) is 2.66. The maximum atomic E-state index is 9.94. The fourth-order valence-corrected chi connectivity index (χ4v) is 5.79. The van der Waals surface area contributed by atoms with Gasteiger partial charge in [0.15, 0.2) is 0 Å². The van der Waals surface area contributed by atoms with E-state index >= 15 is 0 Å². The third-order valence-corrected chi connectivity index (χ3v) is 7.25. The van der Waals surface area contributed by atoms with Crippen LogP contribution in [0.3, 0.4) is 0 Å². The molecule has 1 aliphatic heterocycles. The topological polar surface area (TPSA) is 39.1 Å². The Morgan fingerprint density at radius 2 is 1.79 bits per heavy atom. The predicted octanol–water partition coefficient (Wildman–Crippen LogP) is 5.41. The summed E-state index contributed by atoms with van der Waals surface area (Å²) >= 11 is 0. The van der Waals surface area contributed by atoms with Gasteiger partial charge in [-0.1, -0.05) is 36.4 Å². The molecule has 5 rings (SSSR count). The summed E-state index contributed by atoms with van der Waals surface area (Å²) in [5.41, 5.74) is 5.49. The van der Waals surface area contributed by atoms with Crippen molar-refractivity contribution in [1.82, 2.24) is 4.90 Å². The smallest absolute Gasteiger partial charge is 0.127 e. The van der Waals surface area contributed by atoms with E-state index in [0.717, 1.165) is 37.5 Å². The third kappa shape index (κ3) is 3.10. The molecular weight excluding hydrogens is 342 g/mol. The number of nitrogens with one attached hydrogen (secondary N) is 1. The quantitative estimate of drug-likeness (QED) is 0.784. The van der Waals surface area contributed by atoms with Crippen molar-refractivity contribution >= 4 is 5.69 Å². The summed E-state index contributed by atoms with van der Waals surface area (Å²) in [5.74, 6) is 0.791. The van der Waals surface area contributed by atoms with Crippen LogP contribution in [-0.2, 0) is 6.42 Å². The second-order valence-corrected chi connectivity index (χ2v) is 8.82. The fraction of sp³-hybridized carbons (Fsp3) is 0.480. The summed E-state index contributed by atoms with van der Waals surface area (Å²) in [7, 11) is 0. The molecule has 1 heterocycles. The molecular formula is C25H29N3. The Bertz CT molecular complexity index is 874. The van der Waals surface area contributed by atoms with Crippen LogP contribution in [0.2, 0.25) is 0 Å². The standard InChI is InChI=1S/C25H29N3/c26-18-25(27-21-9-2-1-3-10-21)14-16-28(17-15-25)23-13-12-20-7-4-6-19-8-5-11-22(23)24(19)20/h1-3,5,8-11,20,23,27H,4,6-7,12-17H2/t20-,23-/m0/s1. The Hall–Kier alpha value is -2.31. The SMILES string of the molecule is N#CC1(Nc2ccccc2)CCN([C@H]2CC[C@@H]3CCCc4cccc2c43)CC1. The number of rotatable bonds is 3. The van der Waals surface area contributed by atoms with Crippen molar-refractivity contribution in [2.24, 2.45) is 0 Å². The lowest BCUT2D eigenvalue weighted by atomic mass is 9.71. The number of benzene rings is 2. The number of nitrogens with zero attached hydrogens (tertiary/aromatic N) is 2. The number of para-hydroxylation sites is 1. The fourth-order valence-electron chi connectivity index (χ4n) is 5.79. The van der Waals surface area contributed by atoms with Crippen LogP contribution < -0.4 is 5.32 Å². The number of aryl methyl sites for hydroxylation is 1. The van der Waals surface area contributed by atoms with E-state index < -0.39 is 5.54 Å². The van der Waals surface area contributed by atoms with Gasteiger partial charge in [-0.3, -0.25) is 4.90 Å². The van der Waals surface area contributed by atoms with Gasteiger partial charge in [-0.05, 0) is 79.7 Å². The first-order chi connectivity index (χ1) is 13.8. The van der Waals surface area contributed by atoms with Crippen molar-refractivity contribution in [2.45, 2.75) is 62.4 Å². The number of anilines is 1. The molecule has 3 aliphatic rings. The lowest BCUT2D eigenvalue weighted by molar-refractivity contribution is 0.124. The lowest BCUT2D eigenvalue weighted by Crippen LogP contribution is -2.49. The molecule has 1 saturated heterocycles. The molecule has 2 aliphatic carbocycles. The first kappa shape index (κ1) is 17.8. The van der Waals surface area contributed by atoms with E-state index in [4.69, 9.17) is 0 Å². The Morgan fingerprint density at radius 1 is 0.964 bits per heavy atom. The molecule has 0 amide bonds. The van der Waals surface area contributed by atoms with Crippen LogP contribution in [0.25, 0.3) is 0 Å². The molecule has 0 saturated carbocycles. The van der Waals surface area contributed by atoms with Crippen molar-refractivity contribution in [3.05, 3.63) is 65.2 Å². The van der Waals surface area contributed by atoms with Crippen molar-refractivity contribution in [1.29, 1.82) is 5.26 Å². The van der Waals surface area contributed by atoms with Crippen LogP contribution in [0, 0.1) is 11.3 Å². The van der Waals surface area contributed by atoms with E-state index in [1.54, 1.807) is 16.7 Å². The molecule has 2 atom stereocenters. The second-order valence-electron chi connectivity index (χ2n) is 8.82. The number of piperidine rings is 1. The van der Waals surface area contributed by atoms with Crippen LogP contribution in [0.5, 0.6) is 0 Å². The second kappa shape index (κ2) is 7.26. The zero-order chi connectivity index (χ0) is 19.0. The highest BCUT2D eigenvalue weighted by atomic mass is 15.2. The minimum absolute atomic E-state index is 0.439. The van der Waals surface area contributed by atoms with Gasteiger partial charge in [0.2, 0.25) is 0 Å². The minimum atomic E-state index is -0.439. The highest BCUT2D eigenvalue weighted by molar-refractivity contribution is 5.48. The number of nitriles is 1. The van der Waals surface area contributed by atoms with Crippen LogP contribution >= 0.6 is 0 Å². The van der Waals surface area contributed by atoms with Gasteiger partial charge >= 0.3 is 0 Å². The molecule has 0 spiro atoms. The maximum Gasteiger partial charge on any atom is 0.127 e. The molecule has 3 heteroatoms. The van der Waals surface area contributed by atoms with Gasteiger partial charge in [-0.15, -0.1) is 0 Å². The van der Waals surface area contributed by atoms with Gasteiger partial charge in [-0.25, -0.2) is 0 Å². The van der Waals surface area contributed by atoms with E-state index in [2.05, 4.69) is 46.6 Å². The lowest BCUT2D eigenvalue weighted by Gasteiger charge is -2.45. The minimum Gasteiger partial charge on any atom is -0.367 e. The van der Waals surface area contributed by atoms with E-state index in [1.165, 1.54) is 32.1 Å². The van der Waals surface area contributed by atoms with Crippen LogP contribution in [-0.4, -0.2) is 23.5 Å². The Morgan fingerprint density at radius 3 is 2.57 bits per heavy atom. The van der Waals surface area contributed by atoms with Crippen LogP contribution in [0.1, 0.15) is 67.2 Å². The zero-order valence-corrected chi connectivity index (χ0v) is 16.5. The van der Waals surface area contributed by atoms with Gasteiger partial charge in [0, 0.05) is 24.8 Å². The summed E-state index contributed by atoms with van der Waals surface area (Å²) in [6.07, 6.45) is 8.34. The molecule has 144 valence electrons. The largest absolute Gasteiger partial charge is 0.367 e. The molecule has 3 nitrogen and oxygen atoms in total. The number of hydrogen-bond acceptors (Lipinski definition) is 3. The first-order valence-corrected chi connectivity index (χ1v) is 10.9. The van der Waals surface area contributed by atoms with Gasteiger partial charge in [0.1, 0.15) is 5.54 Å². The van der Waals surface area contributed by atoms with Crippen molar-refractivity contribution in [2.75, 3.05) is 18.4 Å². The Labute approximate surface area is 168 Å². The first-order valence-electron chi connectivity index (χ1n) is 10.9. The summed E-state index contributed by atoms with van der Waals surface area (Å²) < 4.78 is 0. The normalized spacial score (nSPS) is 26.1. The van der Waals surface area contributed by atoms with Gasteiger partial charge in [0.05, 0.1) is 6.07 Å². The monoisotopic (exact) mass is 371 g/mol. The summed E-state index contributed by atoms with van der Waals surface area (Å²) in [6.45, 7) is 1.98. The van der Waals surface area contributed by atoms with Crippen molar-refractivity contribution in [3.8, 4) is 6.07 Å². The molecule has 0 aromatic heterocycles. The van der Waals surface area contributed by atoms with Crippen LogP contribution in [0.4, 0.5) is 5.69 Å². The van der Waals surface area contributed by atoms with Gasteiger partial charge in [-0.2, -0.15) is 5.26 Å². The third-order valence-electron chi connectivity index (χ3n) is 7.25. The average molecular weight is 372 g/mol. The highest BCUT2D eigenvalue weighted by Crippen LogP contribution is 2.47. The molecule has 1 N–H and O–H groups in total. The van der Waals surface area contributed by atoms with Crippen molar-refractivity contribution in [3.63, 3.8) is 0 Å². The molecule has 0 bridgehead atoms.